The quantitative estimate of drug-likeness (QED) is 0.770. The number of likely N-dealkylation sites (N-methyl/N-ethyl adjacent to an activating group) is 1. The molecule has 0 unspecified atom stereocenters. The zero-order valence-electron chi connectivity index (χ0n) is 13.7. The Kier molecular flexibility index (Phi) is 5.57. The van der Waals surface area contributed by atoms with Crippen molar-refractivity contribution in [2.24, 2.45) is 0 Å². The van der Waals surface area contributed by atoms with Crippen LogP contribution >= 0.6 is 0 Å². The molecule has 108 valence electrons. The number of aryl methyl sites for hydroxylation is 2. The minimum absolute atomic E-state index is 0.159. The number of hydrogen-bond donors (Lipinski definition) is 2. The van der Waals surface area contributed by atoms with Crippen LogP contribution in [0.1, 0.15) is 41.7 Å². The van der Waals surface area contributed by atoms with Crippen LogP contribution in [0.5, 0.6) is 0 Å². The minimum atomic E-state index is 0.159. The Bertz CT molecular complexity index is 407. The zero-order chi connectivity index (χ0) is 14.6. The summed E-state index contributed by atoms with van der Waals surface area (Å²) in [5.74, 6) is 0. The van der Waals surface area contributed by atoms with E-state index in [0.29, 0.717) is 0 Å². The Morgan fingerprint density at radius 3 is 2.00 bits per heavy atom. The fourth-order valence-electron chi connectivity index (χ4n) is 2.38. The molecule has 0 aliphatic heterocycles. The smallest absolute Gasteiger partial charge is 0.0246 e. The van der Waals surface area contributed by atoms with Crippen LogP contribution in [-0.4, -0.2) is 25.7 Å². The molecule has 0 amide bonds. The predicted octanol–water partition coefficient (Wildman–Crippen LogP) is 3.05. The Morgan fingerprint density at radius 1 is 1.00 bits per heavy atom. The van der Waals surface area contributed by atoms with E-state index in [9.17, 15) is 0 Å². The Hall–Kier alpha value is -0.860. The first-order valence-electron chi connectivity index (χ1n) is 7.24. The maximum atomic E-state index is 3.56. The second kappa shape index (κ2) is 6.53. The van der Waals surface area contributed by atoms with E-state index in [2.05, 4.69) is 58.2 Å². The molecule has 0 saturated heterocycles. The predicted molar refractivity (Wildman–Crippen MR) is 85.1 cm³/mol. The lowest BCUT2D eigenvalue weighted by Gasteiger charge is -2.24. The SMILES string of the molecule is CNC(C)(C)CNCCc1c(C)c(C)cc(C)c1C. The van der Waals surface area contributed by atoms with Crippen molar-refractivity contribution in [3.05, 3.63) is 33.9 Å². The van der Waals surface area contributed by atoms with Gasteiger partial charge in [0.25, 0.3) is 0 Å². The molecule has 2 N–H and O–H groups in total. The second-order valence-electron chi connectivity index (χ2n) is 6.30. The summed E-state index contributed by atoms with van der Waals surface area (Å²) in [4.78, 5) is 0. The van der Waals surface area contributed by atoms with Crippen LogP contribution in [0.25, 0.3) is 0 Å². The molecule has 0 aliphatic carbocycles. The second-order valence-corrected chi connectivity index (χ2v) is 6.30. The molecule has 0 spiro atoms. The van der Waals surface area contributed by atoms with Crippen LogP contribution in [0.3, 0.4) is 0 Å². The molecule has 2 nitrogen and oxygen atoms in total. The average molecular weight is 262 g/mol. The van der Waals surface area contributed by atoms with Gasteiger partial charge in [-0.15, -0.1) is 0 Å². The maximum Gasteiger partial charge on any atom is 0.0246 e. The van der Waals surface area contributed by atoms with E-state index in [1.807, 2.05) is 7.05 Å². The molecule has 1 aromatic carbocycles. The molecule has 0 saturated carbocycles. The van der Waals surface area contributed by atoms with Crippen molar-refractivity contribution in [1.82, 2.24) is 10.6 Å². The third kappa shape index (κ3) is 4.32. The van der Waals surface area contributed by atoms with Gasteiger partial charge in [0.2, 0.25) is 0 Å². The van der Waals surface area contributed by atoms with E-state index in [-0.39, 0.29) is 5.54 Å². The van der Waals surface area contributed by atoms with Gasteiger partial charge in [-0.05, 0) is 89.4 Å². The largest absolute Gasteiger partial charge is 0.315 e. The van der Waals surface area contributed by atoms with Gasteiger partial charge < -0.3 is 10.6 Å². The lowest BCUT2D eigenvalue weighted by atomic mass is 9.92. The average Bonchev–Trinajstić information content (AvgIpc) is 2.35. The summed E-state index contributed by atoms with van der Waals surface area (Å²) in [6.45, 7) is 15.4. The summed E-state index contributed by atoms with van der Waals surface area (Å²) in [5, 5.41) is 6.87. The summed E-state index contributed by atoms with van der Waals surface area (Å²) in [5.41, 5.74) is 7.41. The zero-order valence-corrected chi connectivity index (χ0v) is 13.7. The van der Waals surface area contributed by atoms with Crippen LogP contribution in [-0.2, 0) is 6.42 Å². The first-order valence-corrected chi connectivity index (χ1v) is 7.24. The highest BCUT2D eigenvalue weighted by Crippen LogP contribution is 2.21. The topological polar surface area (TPSA) is 24.1 Å². The van der Waals surface area contributed by atoms with Crippen LogP contribution < -0.4 is 10.6 Å². The fourth-order valence-corrected chi connectivity index (χ4v) is 2.38. The van der Waals surface area contributed by atoms with Crippen molar-refractivity contribution in [2.75, 3.05) is 20.1 Å². The van der Waals surface area contributed by atoms with E-state index in [1.54, 1.807) is 0 Å². The summed E-state index contributed by atoms with van der Waals surface area (Å²) in [7, 11) is 2.01. The van der Waals surface area contributed by atoms with Crippen LogP contribution in [0, 0.1) is 27.7 Å². The van der Waals surface area contributed by atoms with Crippen molar-refractivity contribution in [2.45, 2.75) is 53.5 Å². The van der Waals surface area contributed by atoms with Crippen molar-refractivity contribution < 1.29 is 0 Å². The van der Waals surface area contributed by atoms with Crippen molar-refractivity contribution in [3.63, 3.8) is 0 Å². The highest BCUT2D eigenvalue weighted by Gasteiger charge is 2.13. The number of rotatable bonds is 6. The molecule has 0 aliphatic rings. The van der Waals surface area contributed by atoms with Gasteiger partial charge in [-0.2, -0.15) is 0 Å². The highest BCUT2D eigenvalue weighted by molar-refractivity contribution is 5.44. The highest BCUT2D eigenvalue weighted by atomic mass is 15.0. The Labute approximate surface area is 119 Å². The Balaban J connectivity index is 2.64. The normalized spacial score (nSPS) is 11.9. The summed E-state index contributed by atoms with van der Waals surface area (Å²) < 4.78 is 0. The minimum Gasteiger partial charge on any atom is -0.315 e. The molecular weight excluding hydrogens is 232 g/mol. The van der Waals surface area contributed by atoms with Gasteiger partial charge >= 0.3 is 0 Å². The van der Waals surface area contributed by atoms with Crippen LogP contribution in [0.15, 0.2) is 6.07 Å². The van der Waals surface area contributed by atoms with Gasteiger partial charge in [-0.3, -0.25) is 0 Å². The van der Waals surface area contributed by atoms with E-state index >= 15 is 0 Å². The van der Waals surface area contributed by atoms with Gasteiger partial charge in [0, 0.05) is 12.1 Å². The van der Waals surface area contributed by atoms with E-state index < -0.39 is 0 Å². The molecule has 2 heteroatoms. The van der Waals surface area contributed by atoms with E-state index in [4.69, 9.17) is 0 Å². The molecule has 0 bridgehead atoms. The van der Waals surface area contributed by atoms with Crippen molar-refractivity contribution >= 4 is 0 Å². The molecule has 0 radical (unpaired) electrons. The van der Waals surface area contributed by atoms with Gasteiger partial charge in [-0.25, -0.2) is 0 Å². The third-order valence-corrected chi connectivity index (χ3v) is 4.32. The summed E-state index contributed by atoms with van der Waals surface area (Å²) >= 11 is 0. The molecule has 0 aromatic heterocycles. The van der Waals surface area contributed by atoms with Gasteiger partial charge in [0.1, 0.15) is 0 Å². The molecule has 0 fully saturated rings. The number of benzene rings is 1. The van der Waals surface area contributed by atoms with Gasteiger partial charge in [-0.1, -0.05) is 6.07 Å². The maximum absolute atomic E-state index is 3.56. The first kappa shape index (κ1) is 16.2. The lowest BCUT2D eigenvalue weighted by molar-refractivity contribution is 0.395. The Morgan fingerprint density at radius 2 is 1.53 bits per heavy atom. The summed E-state index contributed by atoms with van der Waals surface area (Å²) in [6.07, 6.45) is 1.11. The van der Waals surface area contributed by atoms with Gasteiger partial charge in [0.15, 0.2) is 0 Å². The third-order valence-electron chi connectivity index (χ3n) is 4.32. The molecule has 19 heavy (non-hydrogen) atoms. The van der Waals surface area contributed by atoms with Crippen LogP contribution in [0.4, 0.5) is 0 Å². The van der Waals surface area contributed by atoms with Crippen molar-refractivity contribution in [1.29, 1.82) is 0 Å². The molecule has 0 atom stereocenters. The molecule has 0 heterocycles. The molecule has 1 rings (SSSR count). The molecule has 1 aromatic rings. The van der Waals surface area contributed by atoms with E-state index in [0.717, 1.165) is 19.5 Å². The summed E-state index contributed by atoms with van der Waals surface area (Å²) in [6, 6.07) is 2.30. The van der Waals surface area contributed by atoms with E-state index in [1.165, 1.54) is 27.8 Å². The first-order chi connectivity index (χ1) is 8.78. The molecular formula is C17H30N2. The number of nitrogens with one attached hydrogen (secondary N) is 2. The van der Waals surface area contributed by atoms with Crippen molar-refractivity contribution in [3.8, 4) is 0 Å². The standard InChI is InChI=1S/C17H30N2/c1-12-10-13(2)15(4)16(14(12)3)8-9-19-11-17(5,6)18-7/h10,18-19H,8-9,11H2,1-7H3. The number of hydrogen-bond acceptors (Lipinski definition) is 2. The monoisotopic (exact) mass is 262 g/mol. The lowest BCUT2D eigenvalue weighted by Crippen LogP contribution is -2.46. The van der Waals surface area contributed by atoms with Crippen LogP contribution in [0.2, 0.25) is 0 Å². The van der Waals surface area contributed by atoms with Gasteiger partial charge in [0.05, 0.1) is 0 Å². The fraction of sp³-hybridized carbons (Fsp3) is 0.647.